The molecule has 0 radical (unpaired) electrons. The molecular weight excluding hydrogens is 348 g/mol. The van der Waals surface area contributed by atoms with E-state index in [-0.39, 0.29) is 11.7 Å². The van der Waals surface area contributed by atoms with Crippen LogP contribution in [0.4, 0.5) is 17.6 Å². The first kappa shape index (κ1) is 17.8. The van der Waals surface area contributed by atoms with E-state index < -0.39 is 40.5 Å². The van der Waals surface area contributed by atoms with Crippen molar-refractivity contribution in [2.24, 2.45) is 0 Å². The number of benzene rings is 1. The molecule has 0 aliphatic carbocycles. The Morgan fingerprint density at radius 1 is 1.29 bits per heavy atom. The number of nitrogens with one attached hydrogen (secondary N) is 1. The van der Waals surface area contributed by atoms with Crippen LogP contribution in [-0.2, 0) is 15.8 Å². The summed E-state index contributed by atoms with van der Waals surface area (Å²) in [6.07, 6.45) is -2.74. The molecule has 2 rings (SSSR count). The van der Waals surface area contributed by atoms with Crippen molar-refractivity contribution in [3.05, 3.63) is 53.4 Å². The van der Waals surface area contributed by atoms with Gasteiger partial charge in [-0.1, -0.05) is 12.1 Å². The number of alkyl halides is 3. The third-order valence-corrected chi connectivity index (χ3v) is 3.44. The number of thiocarbonyl (C=S) groups is 1. The Labute approximate surface area is 139 Å². The number of hydrogen-bond acceptors (Lipinski definition) is 3. The maximum atomic E-state index is 13.1. The number of carbonyl (C=O) groups excluding carboxylic acids is 2. The highest BCUT2D eigenvalue weighted by molar-refractivity contribution is 7.80. The van der Waals surface area contributed by atoms with Gasteiger partial charge in [0.2, 0.25) is 0 Å². The molecule has 126 valence electrons. The SMILES string of the molecule is C=CCN1C(=O)C(=Cc2ccc(F)cc2C(F)(F)F)C(=O)NC1=S. The van der Waals surface area contributed by atoms with Crippen molar-refractivity contribution >= 4 is 35.2 Å². The molecule has 0 spiro atoms. The number of hydrogen-bond donors (Lipinski definition) is 1. The van der Waals surface area contributed by atoms with Gasteiger partial charge in [-0.05, 0) is 36.0 Å². The standard InChI is InChI=1S/C15H10F4N2O2S/c1-2-5-21-13(23)10(12(22)20-14(21)24)6-8-3-4-9(16)7-11(8)15(17,18)19/h2-4,6-7H,1,5H2,(H,20,22,24). The maximum Gasteiger partial charge on any atom is 0.417 e. The lowest BCUT2D eigenvalue weighted by molar-refractivity contribution is -0.138. The van der Waals surface area contributed by atoms with Gasteiger partial charge in [-0.25, -0.2) is 4.39 Å². The van der Waals surface area contributed by atoms with Crippen molar-refractivity contribution in [3.63, 3.8) is 0 Å². The molecule has 0 unspecified atom stereocenters. The molecule has 1 aliphatic rings. The zero-order valence-electron chi connectivity index (χ0n) is 12.0. The monoisotopic (exact) mass is 358 g/mol. The van der Waals surface area contributed by atoms with E-state index in [1.165, 1.54) is 6.08 Å². The molecule has 24 heavy (non-hydrogen) atoms. The van der Waals surface area contributed by atoms with Crippen LogP contribution in [0.1, 0.15) is 11.1 Å². The third-order valence-electron chi connectivity index (χ3n) is 3.12. The van der Waals surface area contributed by atoms with Gasteiger partial charge in [-0.3, -0.25) is 19.8 Å². The first-order valence-electron chi connectivity index (χ1n) is 6.51. The minimum absolute atomic E-state index is 0.0230. The van der Waals surface area contributed by atoms with Crippen molar-refractivity contribution in [2.45, 2.75) is 6.18 Å². The van der Waals surface area contributed by atoms with Gasteiger partial charge in [0.1, 0.15) is 11.4 Å². The lowest BCUT2D eigenvalue weighted by atomic mass is 10.0. The molecule has 1 heterocycles. The van der Waals surface area contributed by atoms with Crippen molar-refractivity contribution in [1.82, 2.24) is 10.2 Å². The van der Waals surface area contributed by atoms with Crippen molar-refractivity contribution in [3.8, 4) is 0 Å². The van der Waals surface area contributed by atoms with Gasteiger partial charge in [0.05, 0.1) is 5.56 Å². The highest BCUT2D eigenvalue weighted by Crippen LogP contribution is 2.33. The summed E-state index contributed by atoms with van der Waals surface area (Å²) in [5.74, 6) is -2.87. The van der Waals surface area contributed by atoms with E-state index in [1.807, 2.05) is 0 Å². The maximum absolute atomic E-state index is 13.1. The summed E-state index contributed by atoms with van der Waals surface area (Å²) in [4.78, 5) is 25.2. The van der Waals surface area contributed by atoms with Crippen LogP contribution >= 0.6 is 12.2 Å². The molecule has 1 aromatic rings. The topological polar surface area (TPSA) is 49.4 Å². The largest absolute Gasteiger partial charge is 0.417 e. The van der Waals surface area contributed by atoms with Crippen LogP contribution in [0.25, 0.3) is 6.08 Å². The van der Waals surface area contributed by atoms with E-state index in [0.29, 0.717) is 6.07 Å². The van der Waals surface area contributed by atoms with Gasteiger partial charge in [-0.15, -0.1) is 6.58 Å². The molecule has 0 aromatic heterocycles. The average molecular weight is 358 g/mol. The van der Waals surface area contributed by atoms with E-state index in [9.17, 15) is 27.2 Å². The fourth-order valence-electron chi connectivity index (χ4n) is 2.04. The zero-order chi connectivity index (χ0) is 18.1. The van der Waals surface area contributed by atoms with Gasteiger partial charge < -0.3 is 0 Å². The smallest absolute Gasteiger partial charge is 0.298 e. The van der Waals surface area contributed by atoms with Gasteiger partial charge in [-0.2, -0.15) is 13.2 Å². The van der Waals surface area contributed by atoms with Crippen molar-refractivity contribution in [1.29, 1.82) is 0 Å². The molecule has 1 aliphatic heterocycles. The van der Waals surface area contributed by atoms with E-state index in [0.717, 1.165) is 23.1 Å². The summed E-state index contributed by atoms with van der Waals surface area (Å²) in [6, 6.07) is 1.94. The Bertz CT molecular complexity index is 771. The molecule has 1 N–H and O–H groups in total. The minimum atomic E-state index is -4.85. The fraction of sp³-hybridized carbons (Fsp3) is 0.133. The summed E-state index contributed by atoms with van der Waals surface area (Å²) in [7, 11) is 0. The lowest BCUT2D eigenvalue weighted by Gasteiger charge is -2.28. The number of halogens is 4. The summed E-state index contributed by atoms with van der Waals surface area (Å²) in [5.41, 5.74) is -2.34. The number of carbonyl (C=O) groups is 2. The highest BCUT2D eigenvalue weighted by Gasteiger charge is 2.36. The second-order valence-electron chi connectivity index (χ2n) is 4.75. The van der Waals surface area contributed by atoms with Crippen LogP contribution in [-0.4, -0.2) is 28.4 Å². The van der Waals surface area contributed by atoms with Gasteiger partial charge in [0.25, 0.3) is 11.8 Å². The van der Waals surface area contributed by atoms with E-state index in [2.05, 4.69) is 11.9 Å². The second kappa shape index (κ2) is 6.52. The Hall–Kier alpha value is -2.55. The quantitative estimate of drug-likeness (QED) is 0.297. The van der Waals surface area contributed by atoms with E-state index in [4.69, 9.17) is 12.2 Å². The van der Waals surface area contributed by atoms with Crippen molar-refractivity contribution < 1.29 is 27.2 Å². The third kappa shape index (κ3) is 3.51. The molecule has 1 saturated heterocycles. The van der Waals surface area contributed by atoms with Gasteiger partial charge in [0.15, 0.2) is 5.11 Å². The van der Waals surface area contributed by atoms with Gasteiger partial charge >= 0.3 is 6.18 Å². The van der Waals surface area contributed by atoms with Crippen molar-refractivity contribution in [2.75, 3.05) is 6.54 Å². The van der Waals surface area contributed by atoms with E-state index >= 15 is 0 Å². The Balaban J connectivity index is 2.54. The molecule has 0 atom stereocenters. The summed E-state index contributed by atoms with van der Waals surface area (Å²) < 4.78 is 52.2. The van der Waals surface area contributed by atoms with Crippen LogP contribution in [0.3, 0.4) is 0 Å². The predicted octanol–water partition coefficient (Wildman–Crippen LogP) is 2.66. The lowest BCUT2D eigenvalue weighted by Crippen LogP contribution is -2.53. The molecule has 0 bridgehead atoms. The number of rotatable bonds is 3. The van der Waals surface area contributed by atoms with Crippen LogP contribution in [0.15, 0.2) is 36.4 Å². The number of amides is 2. The Morgan fingerprint density at radius 3 is 2.54 bits per heavy atom. The molecule has 9 heteroatoms. The normalized spacial score (nSPS) is 17.2. The Morgan fingerprint density at radius 2 is 1.96 bits per heavy atom. The first-order valence-corrected chi connectivity index (χ1v) is 6.92. The first-order chi connectivity index (χ1) is 11.1. The Kier molecular flexibility index (Phi) is 4.83. The fourth-order valence-corrected chi connectivity index (χ4v) is 2.29. The molecule has 1 fully saturated rings. The zero-order valence-corrected chi connectivity index (χ0v) is 12.8. The molecular formula is C15H10F4N2O2S. The van der Waals surface area contributed by atoms with Crippen LogP contribution in [0.2, 0.25) is 0 Å². The van der Waals surface area contributed by atoms with Crippen LogP contribution < -0.4 is 5.32 Å². The molecule has 0 saturated carbocycles. The predicted molar refractivity (Wildman–Crippen MR) is 82.0 cm³/mol. The molecule has 4 nitrogen and oxygen atoms in total. The molecule has 2 amide bonds. The summed E-state index contributed by atoms with van der Waals surface area (Å²) in [6.45, 7) is 3.41. The summed E-state index contributed by atoms with van der Waals surface area (Å²) >= 11 is 4.83. The summed E-state index contributed by atoms with van der Waals surface area (Å²) in [5, 5.41) is 2.04. The number of nitrogens with zero attached hydrogens (tertiary/aromatic N) is 1. The van der Waals surface area contributed by atoms with Crippen LogP contribution in [0.5, 0.6) is 0 Å². The van der Waals surface area contributed by atoms with Crippen LogP contribution in [0, 0.1) is 5.82 Å². The minimum Gasteiger partial charge on any atom is -0.298 e. The van der Waals surface area contributed by atoms with Gasteiger partial charge in [0, 0.05) is 6.54 Å². The average Bonchev–Trinajstić information content (AvgIpc) is 2.48. The second-order valence-corrected chi connectivity index (χ2v) is 5.14. The molecule has 1 aromatic carbocycles. The highest BCUT2D eigenvalue weighted by atomic mass is 32.1. The van der Waals surface area contributed by atoms with E-state index in [1.54, 1.807) is 0 Å².